The second-order valence-electron chi connectivity index (χ2n) is 9.35. The summed E-state index contributed by atoms with van der Waals surface area (Å²) in [4.78, 5) is 0. The third-order valence-corrected chi connectivity index (χ3v) is 10.3. The third kappa shape index (κ3) is 2.83. The monoisotopic (exact) mass is 640 g/mol. The molecule has 0 bridgehead atoms. The summed E-state index contributed by atoms with van der Waals surface area (Å²) in [6.07, 6.45) is 0. The summed E-state index contributed by atoms with van der Waals surface area (Å²) >= 11 is 11.6. The first-order chi connectivity index (χ1) is 17.0. The van der Waals surface area contributed by atoms with Crippen LogP contribution in [0.4, 0.5) is 0 Å². The lowest BCUT2D eigenvalue weighted by Gasteiger charge is -2.36. The molecule has 0 aliphatic heterocycles. The van der Waals surface area contributed by atoms with Crippen molar-refractivity contribution in [3.63, 3.8) is 0 Å². The van der Waals surface area contributed by atoms with Gasteiger partial charge in [0, 0.05) is 13.4 Å². The molecule has 1 spiro atoms. The standard InChI is InChI=1S/C32H19Br3/c1-18-14-23-19-8-2-3-9-20(19)24-15-30(34)31(35)17-28(24)32(27(23)16-29(18)33)25-12-6-4-10-21(25)22-11-5-7-13-26(22)32/h2-17H,1H3. The van der Waals surface area contributed by atoms with E-state index in [1.165, 1.54) is 61.2 Å². The summed E-state index contributed by atoms with van der Waals surface area (Å²) in [5, 5.41) is 0. The zero-order valence-corrected chi connectivity index (χ0v) is 23.6. The summed E-state index contributed by atoms with van der Waals surface area (Å²) in [6, 6.07) is 36.1. The molecule has 2 aliphatic rings. The van der Waals surface area contributed by atoms with E-state index in [2.05, 4.69) is 152 Å². The maximum absolute atomic E-state index is 3.90. The Morgan fingerprint density at radius 1 is 0.429 bits per heavy atom. The van der Waals surface area contributed by atoms with Gasteiger partial charge in [-0.1, -0.05) is 88.7 Å². The molecule has 168 valence electrons. The maximum Gasteiger partial charge on any atom is 0.0726 e. The number of aryl methyl sites for hydroxylation is 1. The van der Waals surface area contributed by atoms with Crippen molar-refractivity contribution in [2.75, 3.05) is 0 Å². The normalized spacial score (nSPS) is 13.9. The predicted molar refractivity (Wildman–Crippen MR) is 156 cm³/mol. The van der Waals surface area contributed by atoms with Gasteiger partial charge in [0.2, 0.25) is 0 Å². The smallest absolute Gasteiger partial charge is 0.0619 e. The van der Waals surface area contributed by atoms with Crippen molar-refractivity contribution >= 4 is 47.8 Å². The van der Waals surface area contributed by atoms with Crippen LogP contribution >= 0.6 is 47.8 Å². The maximum atomic E-state index is 3.90. The summed E-state index contributed by atoms with van der Waals surface area (Å²) < 4.78 is 3.25. The Bertz CT molecular complexity index is 1570. The van der Waals surface area contributed by atoms with Crippen LogP contribution in [-0.4, -0.2) is 0 Å². The largest absolute Gasteiger partial charge is 0.0726 e. The first kappa shape index (κ1) is 21.8. The minimum Gasteiger partial charge on any atom is -0.0619 e. The molecule has 0 fully saturated rings. The number of benzene rings is 5. The molecule has 0 nitrogen and oxygen atoms in total. The van der Waals surface area contributed by atoms with Gasteiger partial charge in [-0.2, -0.15) is 0 Å². The summed E-state index contributed by atoms with van der Waals surface area (Å²) in [5.41, 5.74) is 13.8. The van der Waals surface area contributed by atoms with Crippen LogP contribution in [0.2, 0.25) is 0 Å². The van der Waals surface area contributed by atoms with Gasteiger partial charge < -0.3 is 0 Å². The number of hydrogen-bond acceptors (Lipinski definition) is 0. The summed E-state index contributed by atoms with van der Waals surface area (Å²) in [5.74, 6) is 0. The summed E-state index contributed by atoms with van der Waals surface area (Å²) in [6.45, 7) is 2.18. The Labute approximate surface area is 230 Å². The van der Waals surface area contributed by atoms with Crippen LogP contribution in [0.5, 0.6) is 0 Å². The van der Waals surface area contributed by atoms with E-state index in [9.17, 15) is 0 Å². The summed E-state index contributed by atoms with van der Waals surface area (Å²) in [7, 11) is 0. The van der Waals surface area contributed by atoms with E-state index in [0.717, 1.165) is 13.4 Å². The quantitative estimate of drug-likeness (QED) is 0.154. The van der Waals surface area contributed by atoms with Crippen LogP contribution in [-0.2, 0) is 5.41 Å². The van der Waals surface area contributed by atoms with Gasteiger partial charge in [0.05, 0.1) is 5.41 Å². The second-order valence-corrected chi connectivity index (χ2v) is 11.9. The molecule has 0 radical (unpaired) electrons. The van der Waals surface area contributed by atoms with Gasteiger partial charge in [0.1, 0.15) is 0 Å². The van der Waals surface area contributed by atoms with Crippen molar-refractivity contribution in [1.29, 1.82) is 0 Å². The lowest BCUT2D eigenvalue weighted by atomic mass is 9.66. The highest BCUT2D eigenvalue weighted by atomic mass is 79.9. The highest BCUT2D eigenvalue weighted by molar-refractivity contribution is 9.13. The van der Waals surface area contributed by atoms with E-state index in [4.69, 9.17) is 0 Å². The van der Waals surface area contributed by atoms with Crippen molar-refractivity contribution in [2.45, 2.75) is 12.3 Å². The molecule has 2 aliphatic carbocycles. The zero-order chi connectivity index (χ0) is 23.9. The molecule has 0 atom stereocenters. The Morgan fingerprint density at radius 2 is 0.857 bits per heavy atom. The first-order valence-electron chi connectivity index (χ1n) is 11.6. The molecule has 0 N–H and O–H groups in total. The van der Waals surface area contributed by atoms with Gasteiger partial charge in [-0.3, -0.25) is 0 Å². The average Bonchev–Trinajstić information content (AvgIpc) is 3.13. The lowest BCUT2D eigenvalue weighted by molar-refractivity contribution is 0.773. The predicted octanol–water partition coefficient (Wildman–Crippen LogP) is 10.3. The Kier molecular flexibility index (Phi) is 4.84. The van der Waals surface area contributed by atoms with Crippen LogP contribution in [0.3, 0.4) is 0 Å². The molecule has 0 heterocycles. The number of rotatable bonds is 0. The van der Waals surface area contributed by atoms with E-state index >= 15 is 0 Å². The topological polar surface area (TPSA) is 0 Å². The average molecular weight is 643 g/mol. The highest BCUT2D eigenvalue weighted by Crippen LogP contribution is 2.62. The van der Waals surface area contributed by atoms with Gasteiger partial charge in [0.25, 0.3) is 0 Å². The third-order valence-electron chi connectivity index (χ3n) is 7.63. The van der Waals surface area contributed by atoms with Crippen LogP contribution < -0.4 is 0 Å². The van der Waals surface area contributed by atoms with Gasteiger partial charge in [0.15, 0.2) is 0 Å². The Balaban J connectivity index is 1.80. The van der Waals surface area contributed by atoms with Crippen molar-refractivity contribution in [3.8, 4) is 33.4 Å². The number of halogens is 3. The van der Waals surface area contributed by atoms with Crippen LogP contribution in [0, 0.1) is 6.92 Å². The first-order valence-corrected chi connectivity index (χ1v) is 14.0. The molecule has 5 aromatic carbocycles. The van der Waals surface area contributed by atoms with E-state index in [1.807, 2.05) is 0 Å². The minimum atomic E-state index is -0.448. The molecule has 3 heteroatoms. The zero-order valence-electron chi connectivity index (χ0n) is 18.9. The molecule has 7 rings (SSSR count). The fourth-order valence-electron chi connectivity index (χ4n) is 6.21. The fourth-order valence-corrected chi connectivity index (χ4v) is 7.24. The molecule has 5 aromatic rings. The highest BCUT2D eigenvalue weighted by Gasteiger charge is 2.50. The molecule has 0 amide bonds. The molecule has 0 saturated heterocycles. The second kappa shape index (κ2) is 7.77. The lowest BCUT2D eigenvalue weighted by Crippen LogP contribution is -2.29. The van der Waals surface area contributed by atoms with Crippen molar-refractivity contribution in [2.24, 2.45) is 0 Å². The van der Waals surface area contributed by atoms with Gasteiger partial charge >= 0.3 is 0 Å². The Hall–Kier alpha value is -2.46. The molecular weight excluding hydrogens is 624 g/mol. The fraction of sp³-hybridized carbons (Fsp3) is 0.0625. The molecule has 0 aromatic heterocycles. The minimum absolute atomic E-state index is 0.448. The van der Waals surface area contributed by atoms with Crippen LogP contribution in [0.25, 0.3) is 33.4 Å². The molecule has 35 heavy (non-hydrogen) atoms. The van der Waals surface area contributed by atoms with E-state index in [1.54, 1.807) is 0 Å². The SMILES string of the molecule is Cc1cc2c(cc1Br)C1(c3cc(Br)c(Br)cc3-c3ccccc3-2)c2ccccc2-c2ccccc21. The molecule has 0 unspecified atom stereocenters. The van der Waals surface area contributed by atoms with Gasteiger partial charge in [-0.25, -0.2) is 0 Å². The van der Waals surface area contributed by atoms with Gasteiger partial charge in [-0.15, -0.1) is 0 Å². The van der Waals surface area contributed by atoms with Crippen LogP contribution in [0.1, 0.15) is 27.8 Å². The van der Waals surface area contributed by atoms with Crippen LogP contribution in [0.15, 0.2) is 110 Å². The molecule has 0 saturated carbocycles. The van der Waals surface area contributed by atoms with Crippen molar-refractivity contribution in [3.05, 3.63) is 138 Å². The van der Waals surface area contributed by atoms with Gasteiger partial charge in [-0.05, 0) is 124 Å². The number of hydrogen-bond donors (Lipinski definition) is 0. The van der Waals surface area contributed by atoms with E-state index in [-0.39, 0.29) is 0 Å². The van der Waals surface area contributed by atoms with Crippen molar-refractivity contribution < 1.29 is 0 Å². The number of fused-ring (bicyclic) bond motifs is 12. The van der Waals surface area contributed by atoms with E-state index < -0.39 is 5.41 Å². The van der Waals surface area contributed by atoms with E-state index in [0.29, 0.717) is 0 Å². The van der Waals surface area contributed by atoms with Crippen molar-refractivity contribution in [1.82, 2.24) is 0 Å². The Morgan fingerprint density at radius 3 is 1.43 bits per heavy atom. The molecular formula is C32H19Br3.